The van der Waals surface area contributed by atoms with E-state index in [2.05, 4.69) is 25.9 Å². The molecule has 1 saturated carbocycles. The van der Waals surface area contributed by atoms with E-state index >= 15 is 0 Å². The van der Waals surface area contributed by atoms with Crippen LogP contribution in [0, 0.1) is 17.6 Å². The summed E-state index contributed by atoms with van der Waals surface area (Å²) in [6.45, 7) is 2.02. The number of hydrogen-bond donors (Lipinski definition) is 5. The van der Waals surface area contributed by atoms with Gasteiger partial charge in [0.2, 0.25) is 0 Å². The number of nitrogens with zero attached hydrogens (tertiary/aromatic N) is 2. The van der Waals surface area contributed by atoms with Crippen LogP contribution in [0.3, 0.4) is 0 Å². The van der Waals surface area contributed by atoms with E-state index in [1.54, 1.807) is 6.92 Å². The second-order valence-electron chi connectivity index (χ2n) is 8.16. The van der Waals surface area contributed by atoms with Gasteiger partial charge < -0.3 is 36.3 Å². The van der Waals surface area contributed by atoms with Crippen molar-refractivity contribution in [3.8, 4) is 5.88 Å². The fourth-order valence-electron chi connectivity index (χ4n) is 3.72. The molecule has 0 radical (unpaired) electrons. The zero-order valence-electron chi connectivity index (χ0n) is 19.3. The van der Waals surface area contributed by atoms with Gasteiger partial charge in [0.1, 0.15) is 12.4 Å². The molecule has 6 N–H and O–H groups in total. The van der Waals surface area contributed by atoms with Crippen molar-refractivity contribution in [2.45, 2.75) is 38.3 Å². The summed E-state index contributed by atoms with van der Waals surface area (Å²) in [6, 6.07) is 1.000. The van der Waals surface area contributed by atoms with Crippen molar-refractivity contribution in [2.24, 2.45) is 11.7 Å². The fraction of sp³-hybridized carbons (Fsp3) is 0.455. The highest BCUT2D eigenvalue weighted by molar-refractivity contribution is 5.98. The Hall–Kier alpha value is -3.74. The van der Waals surface area contributed by atoms with E-state index in [-0.39, 0.29) is 47.9 Å². The van der Waals surface area contributed by atoms with Gasteiger partial charge in [-0.25, -0.2) is 23.5 Å². The van der Waals surface area contributed by atoms with E-state index in [9.17, 15) is 18.4 Å². The van der Waals surface area contributed by atoms with E-state index in [0.29, 0.717) is 0 Å². The van der Waals surface area contributed by atoms with Crippen molar-refractivity contribution in [1.82, 2.24) is 15.3 Å². The molecule has 0 spiro atoms. The van der Waals surface area contributed by atoms with Gasteiger partial charge in [-0.2, -0.15) is 0 Å². The van der Waals surface area contributed by atoms with Gasteiger partial charge in [0.25, 0.3) is 11.8 Å². The Labute approximate surface area is 200 Å². The molecule has 0 aromatic carbocycles. The third kappa shape index (κ3) is 6.66. The largest absolute Gasteiger partial charge is 0.473 e. The van der Waals surface area contributed by atoms with Crippen molar-refractivity contribution in [2.75, 3.05) is 31.0 Å². The van der Waals surface area contributed by atoms with Crippen molar-refractivity contribution in [1.29, 1.82) is 0 Å². The second kappa shape index (κ2) is 11.6. The van der Waals surface area contributed by atoms with Crippen molar-refractivity contribution in [3.63, 3.8) is 0 Å². The molecule has 2 amide bonds. The first-order valence-electron chi connectivity index (χ1n) is 11.0. The van der Waals surface area contributed by atoms with Gasteiger partial charge in [0.15, 0.2) is 17.5 Å². The molecule has 2 aromatic rings. The number of hydrogen-bond acceptors (Lipinski definition) is 8. The van der Waals surface area contributed by atoms with Gasteiger partial charge in [0.05, 0.1) is 30.1 Å². The first kappa shape index (κ1) is 25.9. The SMILES string of the molecule is COCCOc1ncc(Nc2nc(N[C@H](C3CCC3)[C@H](C)NC(=O)O)c(F)cc2C(N)=O)cc1F. The molecular formula is C22H28F2N6O5. The highest BCUT2D eigenvalue weighted by Gasteiger charge is 2.33. The van der Waals surface area contributed by atoms with Crippen LogP contribution in [0.4, 0.5) is 30.9 Å². The molecule has 1 fully saturated rings. The average Bonchev–Trinajstić information content (AvgIpc) is 2.75. The summed E-state index contributed by atoms with van der Waals surface area (Å²) in [7, 11) is 1.48. The molecule has 0 aliphatic heterocycles. The van der Waals surface area contributed by atoms with Crippen LogP contribution in [0.1, 0.15) is 36.5 Å². The summed E-state index contributed by atoms with van der Waals surface area (Å²) in [5.41, 5.74) is 5.25. The molecule has 0 unspecified atom stereocenters. The maximum Gasteiger partial charge on any atom is 0.404 e. The lowest BCUT2D eigenvalue weighted by atomic mass is 9.77. The van der Waals surface area contributed by atoms with Crippen LogP contribution >= 0.6 is 0 Å². The average molecular weight is 494 g/mol. The Bertz CT molecular complexity index is 1070. The monoisotopic (exact) mass is 494 g/mol. The molecule has 35 heavy (non-hydrogen) atoms. The van der Waals surface area contributed by atoms with E-state index in [1.807, 2.05) is 0 Å². The molecular weight excluding hydrogens is 466 g/mol. The third-order valence-electron chi connectivity index (χ3n) is 5.69. The Morgan fingerprint density at radius 2 is 1.97 bits per heavy atom. The van der Waals surface area contributed by atoms with Gasteiger partial charge in [-0.15, -0.1) is 0 Å². The molecule has 1 aliphatic carbocycles. The molecule has 11 nitrogen and oxygen atoms in total. The molecule has 0 saturated heterocycles. The first-order chi connectivity index (χ1) is 16.7. The van der Waals surface area contributed by atoms with Crippen LogP contribution in [0.15, 0.2) is 18.3 Å². The van der Waals surface area contributed by atoms with Crippen LogP contribution in [0.25, 0.3) is 0 Å². The van der Waals surface area contributed by atoms with Gasteiger partial charge >= 0.3 is 6.09 Å². The van der Waals surface area contributed by atoms with E-state index in [4.69, 9.17) is 20.3 Å². The Balaban J connectivity index is 1.87. The van der Waals surface area contributed by atoms with Gasteiger partial charge in [-0.3, -0.25) is 4.79 Å². The number of nitrogens with two attached hydrogens (primary N) is 1. The minimum atomic E-state index is -1.20. The highest BCUT2D eigenvalue weighted by Crippen LogP contribution is 2.34. The second-order valence-corrected chi connectivity index (χ2v) is 8.16. The van der Waals surface area contributed by atoms with E-state index < -0.39 is 35.7 Å². The Morgan fingerprint density at radius 3 is 2.54 bits per heavy atom. The number of carbonyl (C=O) groups is 2. The number of anilines is 3. The number of primary amides is 1. The van der Waals surface area contributed by atoms with Gasteiger partial charge in [0, 0.05) is 19.2 Å². The van der Waals surface area contributed by atoms with E-state index in [0.717, 1.165) is 31.4 Å². The summed E-state index contributed by atoms with van der Waals surface area (Å²) in [5.74, 6) is -3.03. The molecule has 2 aromatic heterocycles. The number of ether oxygens (including phenoxy) is 2. The highest BCUT2D eigenvalue weighted by atomic mass is 19.1. The molecule has 1 aliphatic rings. The third-order valence-corrected chi connectivity index (χ3v) is 5.69. The number of halogens is 2. The van der Waals surface area contributed by atoms with Gasteiger partial charge in [-0.05, 0) is 31.7 Å². The molecule has 0 bridgehead atoms. The number of aromatic nitrogens is 2. The predicted molar refractivity (Wildman–Crippen MR) is 123 cm³/mol. The molecule has 13 heteroatoms. The normalized spacial score (nSPS) is 15.0. The number of methoxy groups -OCH3 is 1. The molecule has 2 atom stereocenters. The summed E-state index contributed by atoms with van der Waals surface area (Å²) in [6.07, 6.45) is 2.73. The van der Waals surface area contributed by atoms with Crippen LogP contribution in [0.5, 0.6) is 5.88 Å². The molecule has 2 heterocycles. The van der Waals surface area contributed by atoms with Crippen molar-refractivity contribution in [3.05, 3.63) is 35.5 Å². The van der Waals surface area contributed by atoms with Gasteiger partial charge in [-0.1, -0.05) is 6.42 Å². The summed E-state index contributed by atoms with van der Waals surface area (Å²) >= 11 is 0. The maximum atomic E-state index is 14.9. The summed E-state index contributed by atoms with van der Waals surface area (Å²) in [4.78, 5) is 31.1. The predicted octanol–water partition coefficient (Wildman–Crippen LogP) is 2.86. The number of nitrogens with one attached hydrogen (secondary N) is 3. The zero-order valence-corrected chi connectivity index (χ0v) is 19.3. The lowest BCUT2D eigenvalue weighted by Crippen LogP contribution is -2.50. The zero-order chi connectivity index (χ0) is 25.5. The lowest BCUT2D eigenvalue weighted by Gasteiger charge is -2.38. The number of carboxylic acid groups (broad SMARTS) is 1. The molecule has 190 valence electrons. The summed E-state index contributed by atoms with van der Waals surface area (Å²) in [5, 5.41) is 17.2. The van der Waals surface area contributed by atoms with Crippen LogP contribution in [-0.4, -0.2) is 59.5 Å². The minimum Gasteiger partial charge on any atom is -0.473 e. The molecule has 3 rings (SSSR count). The number of carbonyl (C=O) groups excluding carboxylic acids is 1. The van der Waals surface area contributed by atoms with Crippen LogP contribution in [-0.2, 0) is 4.74 Å². The Kier molecular flexibility index (Phi) is 8.58. The Morgan fingerprint density at radius 1 is 1.23 bits per heavy atom. The van der Waals surface area contributed by atoms with Crippen molar-refractivity contribution < 1.29 is 33.0 Å². The number of amides is 2. The maximum absolute atomic E-state index is 14.9. The number of pyridine rings is 2. The lowest BCUT2D eigenvalue weighted by molar-refractivity contribution is 0.1000. The fourth-order valence-corrected chi connectivity index (χ4v) is 3.72. The minimum absolute atomic E-state index is 0.102. The first-order valence-corrected chi connectivity index (χ1v) is 11.0. The van der Waals surface area contributed by atoms with Crippen LogP contribution in [0.2, 0.25) is 0 Å². The van der Waals surface area contributed by atoms with Crippen molar-refractivity contribution >= 4 is 29.3 Å². The van der Waals surface area contributed by atoms with E-state index in [1.165, 1.54) is 13.3 Å². The summed E-state index contributed by atoms with van der Waals surface area (Å²) < 4.78 is 39.3. The topological polar surface area (TPSA) is 161 Å². The quantitative estimate of drug-likeness (QED) is 0.279. The van der Waals surface area contributed by atoms with Crippen LogP contribution < -0.4 is 26.4 Å². The standard InChI is InChI=1S/C22H28F2N6O5/c1-11(27-22(32)33)17(12-4-3-5-12)29-20-15(23)9-14(18(25)31)19(30-20)28-13-8-16(24)21(26-10-13)35-7-6-34-2/h8-12,17,27H,3-7H2,1-2H3,(H2,25,31)(H,32,33)(H2,28,29,30)/t11-,17-/m0/s1. The number of rotatable bonds is 12. The smallest absolute Gasteiger partial charge is 0.404 e.